The van der Waals surface area contributed by atoms with E-state index in [4.69, 9.17) is 4.98 Å². The Bertz CT molecular complexity index is 1510. The van der Waals surface area contributed by atoms with E-state index in [0.29, 0.717) is 29.4 Å². The standard InChI is InChI=1S/C25H21N7O/c1-16(2)31-15-26-29-24(31)22-4-3-5-23(28-22)30-13-19-7-6-17(12-21(19)25(30)33)18-8-9-20-10-11-27-32(20)14-18/h3-12,14-16H,13H2,1-2H3. The number of fused-ring (bicyclic) bond motifs is 2. The van der Waals surface area contributed by atoms with Crippen LogP contribution in [0, 0.1) is 0 Å². The van der Waals surface area contributed by atoms with Crippen LogP contribution < -0.4 is 4.90 Å². The summed E-state index contributed by atoms with van der Waals surface area (Å²) in [7, 11) is 0. The third-order valence-corrected chi connectivity index (χ3v) is 6.01. The van der Waals surface area contributed by atoms with Gasteiger partial charge < -0.3 is 4.57 Å². The fraction of sp³-hybridized carbons (Fsp3) is 0.160. The molecule has 5 heterocycles. The maximum atomic E-state index is 13.4. The molecule has 0 saturated carbocycles. The number of benzene rings is 1. The minimum atomic E-state index is -0.0537. The lowest BCUT2D eigenvalue weighted by Gasteiger charge is -2.16. The molecule has 1 aliphatic heterocycles. The van der Waals surface area contributed by atoms with E-state index < -0.39 is 0 Å². The van der Waals surface area contributed by atoms with Crippen molar-refractivity contribution in [2.24, 2.45) is 0 Å². The fourth-order valence-electron chi connectivity index (χ4n) is 4.25. The lowest BCUT2D eigenvalue weighted by Crippen LogP contribution is -2.24. The van der Waals surface area contributed by atoms with Gasteiger partial charge in [-0.25, -0.2) is 9.50 Å². The Morgan fingerprint density at radius 2 is 1.88 bits per heavy atom. The Kier molecular flexibility index (Phi) is 4.33. The zero-order valence-electron chi connectivity index (χ0n) is 18.3. The number of anilines is 1. The highest BCUT2D eigenvalue weighted by molar-refractivity contribution is 6.10. The van der Waals surface area contributed by atoms with Crippen LogP contribution >= 0.6 is 0 Å². The number of aromatic nitrogens is 6. The molecular weight excluding hydrogens is 414 g/mol. The van der Waals surface area contributed by atoms with Crippen LogP contribution in [-0.4, -0.2) is 35.3 Å². The van der Waals surface area contributed by atoms with Crippen molar-refractivity contribution in [3.05, 3.63) is 84.4 Å². The zero-order chi connectivity index (χ0) is 22.5. The van der Waals surface area contributed by atoms with Crippen LogP contribution in [0.15, 0.2) is 73.3 Å². The van der Waals surface area contributed by atoms with Crippen molar-refractivity contribution in [2.75, 3.05) is 4.90 Å². The lowest BCUT2D eigenvalue weighted by atomic mass is 10.0. The first-order chi connectivity index (χ1) is 16.1. The molecule has 0 spiro atoms. The third-order valence-electron chi connectivity index (χ3n) is 6.01. The highest BCUT2D eigenvalue weighted by atomic mass is 16.2. The molecule has 4 aromatic heterocycles. The second-order valence-electron chi connectivity index (χ2n) is 8.42. The molecule has 0 unspecified atom stereocenters. The highest BCUT2D eigenvalue weighted by Crippen LogP contribution is 2.32. The Balaban J connectivity index is 1.34. The summed E-state index contributed by atoms with van der Waals surface area (Å²) < 4.78 is 3.80. The molecule has 0 fully saturated rings. The van der Waals surface area contributed by atoms with Gasteiger partial charge in [-0.1, -0.05) is 24.3 Å². The van der Waals surface area contributed by atoms with Gasteiger partial charge in [-0.15, -0.1) is 10.2 Å². The monoisotopic (exact) mass is 435 g/mol. The van der Waals surface area contributed by atoms with Crippen molar-refractivity contribution in [1.29, 1.82) is 0 Å². The van der Waals surface area contributed by atoms with E-state index in [9.17, 15) is 4.79 Å². The van der Waals surface area contributed by atoms with Gasteiger partial charge in [0.1, 0.15) is 17.8 Å². The van der Waals surface area contributed by atoms with Crippen molar-refractivity contribution in [2.45, 2.75) is 26.4 Å². The molecule has 162 valence electrons. The minimum Gasteiger partial charge on any atom is -0.310 e. The summed E-state index contributed by atoms with van der Waals surface area (Å²) in [6.07, 6.45) is 5.45. The van der Waals surface area contributed by atoms with Crippen molar-refractivity contribution in [1.82, 2.24) is 29.4 Å². The number of nitrogens with zero attached hydrogens (tertiary/aromatic N) is 7. The van der Waals surface area contributed by atoms with Crippen LogP contribution in [0.3, 0.4) is 0 Å². The topological polar surface area (TPSA) is 81.2 Å². The maximum absolute atomic E-state index is 13.4. The van der Waals surface area contributed by atoms with Gasteiger partial charge in [0.25, 0.3) is 5.91 Å². The van der Waals surface area contributed by atoms with Crippen molar-refractivity contribution < 1.29 is 4.79 Å². The quantitative estimate of drug-likeness (QED) is 0.418. The van der Waals surface area contributed by atoms with E-state index in [1.807, 2.05) is 63.8 Å². The molecule has 0 atom stereocenters. The first kappa shape index (κ1) is 19.4. The average molecular weight is 435 g/mol. The van der Waals surface area contributed by atoms with E-state index in [-0.39, 0.29) is 11.9 Å². The molecule has 1 amide bonds. The second kappa shape index (κ2) is 7.37. The Morgan fingerprint density at radius 3 is 2.76 bits per heavy atom. The fourth-order valence-corrected chi connectivity index (χ4v) is 4.25. The highest BCUT2D eigenvalue weighted by Gasteiger charge is 2.30. The van der Waals surface area contributed by atoms with E-state index >= 15 is 0 Å². The molecule has 33 heavy (non-hydrogen) atoms. The molecule has 1 aromatic carbocycles. The SMILES string of the molecule is CC(C)n1cnnc1-c1cccc(N2Cc3ccc(-c4ccc5ccnn5c4)cc3C2=O)n1. The van der Waals surface area contributed by atoms with Crippen LogP contribution in [0.1, 0.15) is 35.8 Å². The Morgan fingerprint density at radius 1 is 1.00 bits per heavy atom. The number of pyridine rings is 2. The van der Waals surface area contributed by atoms with Gasteiger partial charge in [0.2, 0.25) is 0 Å². The summed E-state index contributed by atoms with van der Waals surface area (Å²) in [5.41, 5.74) is 5.39. The predicted molar refractivity (Wildman–Crippen MR) is 125 cm³/mol. The maximum Gasteiger partial charge on any atom is 0.260 e. The summed E-state index contributed by atoms with van der Waals surface area (Å²) in [5.74, 6) is 1.24. The molecule has 5 aromatic rings. The van der Waals surface area contributed by atoms with Gasteiger partial charge in [0.05, 0.1) is 12.1 Å². The molecule has 8 nitrogen and oxygen atoms in total. The second-order valence-corrected chi connectivity index (χ2v) is 8.42. The van der Waals surface area contributed by atoms with Crippen molar-refractivity contribution >= 4 is 17.2 Å². The van der Waals surface area contributed by atoms with E-state index in [1.54, 1.807) is 17.4 Å². The van der Waals surface area contributed by atoms with Crippen LogP contribution in [0.5, 0.6) is 0 Å². The van der Waals surface area contributed by atoms with E-state index in [1.165, 1.54) is 0 Å². The molecule has 6 rings (SSSR count). The van der Waals surface area contributed by atoms with Gasteiger partial charge in [-0.3, -0.25) is 9.69 Å². The molecule has 8 heteroatoms. The third kappa shape index (κ3) is 3.18. The van der Waals surface area contributed by atoms with E-state index in [2.05, 4.69) is 35.2 Å². The summed E-state index contributed by atoms with van der Waals surface area (Å²) >= 11 is 0. The molecule has 0 radical (unpaired) electrons. The lowest BCUT2D eigenvalue weighted by molar-refractivity contribution is 0.0996. The Labute approximate surface area is 190 Å². The van der Waals surface area contributed by atoms with Gasteiger partial charge in [0, 0.05) is 29.6 Å². The first-order valence-corrected chi connectivity index (χ1v) is 10.8. The number of rotatable bonds is 4. The summed E-state index contributed by atoms with van der Waals surface area (Å²) in [5, 5.41) is 12.6. The van der Waals surface area contributed by atoms with Crippen LogP contribution in [0.2, 0.25) is 0 Å². The number of carbonyl (C=O) groups is 1. The van der Waals surface area contributed by atoms with E-state index in [0.717, 1.165) is 22.2 Å². The number of hydrogen-bond donors (Lipinski definition) is 0. The normalized spacial score (nSPS) is 13.3. The predicted octanol–water partition coefficient (Wildman–Crippen LogP) is 4.40. The molecule has 0 bridgehead atoms. The number of carbonyl (C=O) groups excluding carboxylic acids is 1. The van der Waals surface area contributed by atoms with Gasteiger partial charge in [0.15, 0.2) is 5.82 Å². The first-order valence-electron chi connectivity index (χ1n) is 10.8. The summed E-state index contributed by atoms with van der Waals surface area (Å²) in [4.78, 5) is 19.8. The molecule has 0 saturated heterocycles. The number of hydrogen-bond acceptors (Lipinski definition) is 5. The largest absolute Gasteiger partial charge is 0.310 e. The molecular formula is C25H21N7O. The van der Waals surface area contributed by atoms with Crippen molar-refractivity contribution in [3.8, 4) is 22.6 Å². The van der Waals surface area contributed by atoms with Gasteiger partial charge in [-0.05, 0) is 55.3 Å². The van der Waals surface area contributed by atoms with Crippen LogP contribution in [0.25, 0.3) is 28.2 Å². The molecule has 0 N–H and O–H groups in total. The smallest absolute Gasteiger partial charge is 0.260 e. The zero-order valence-corrected chi connectivity index (χ0v) is 18.3. The molecule has 1 aliphatic rings. The summed E-state index contributed by atoms with van der Waals surface area (Å²) in [6.45, 7) is 4.62. The summed E-state index contributed by atoms with van der Waals surface area (Å²) in [6, 6.07) is 17.9. The average Bonchev–Trinajstić information content (AvgIpc) is 3.57. The van der Waals surface area contributed by atoms with Gasteiger partial charge in [-0.2, -0.15) is 5.10 Å². The Hall–Kier alpha value is -4.33. The number of amides is 1. The van der Waals surface area contributed by atoms with Crippen molar-refractivity contribution in [3.63, 3.8) is 0 Å². The van der Waals surface area contributed by atoms with Crippen LogP contribution in [0.4, 0.5) is 5.82 Å². The molecule has 0 aliphatic carbocycles. The van der Waals surface area contributed by atoms with Gasteiger partial charge >= 0.3 is 0 Å². The minimum absolute atomic E-state index is 0.0537. The van der Waals surface area contributed by atoms with Crippen LogP contribution in [-0.2, 0) is 6.54 Å².